The molecule has 32 heavy (non-hydrogen) atoms. The second-order valence-electron chi connectivity index (χ2n) is 9.08. The van der Waals surface area contributed by atoms with Crippen molar-refractivity contribution in [1.29, 1.82) is 0 Å². The second kappa shape index (κ2) is 10.0. The molecule has 7 nitrogen and oxygen atoms in total. The Morgan fingerprint density at radius 2 is 1.91 bits per heavy atom. The number of benzene rings is 1. The first-order valence-corrected chi connectivity index (χ1v) is 11.1. The number of rotatable bonds is 10. The molecule has 2 heterocycles. The van der Waals surface area contributed by atoms with Crippen LogP contribution in [0, 0.1) is 16.0 Å². The average molecular weight is 441 g/mol. The summed E-state index contributed by atoms with van der Waals surface area (Å²) in [5.74, 6) is 1.52. The van der Waals surface area contributed by atoms with Crippen LogP contribution in [-0.2, 0) is 4.84 Å². The first-order chi connectivity index (χ1) is 15.2. The highest BCUT2D eigenvalue weighted by Gasteiger charge is 2.30. The highest BCUT2D eigenvalue weighted by Crippen LogP contribution is 2.46. The predicted molar refractivity (Wildman–Crippen MR) is 123 cm³/mol. The summed E-state index contributed by atoms with van der Waals surface area (Å²) >= 11 is 0. The molecule has 2 aromatic rings. The number of fused-ring (bicyclic) bond motifs is 1. The van der Waals surface area contributed by atoms with Gasteiger partial charge in [0.15, 0.2) is 0 Å². The van der Waals surface area contributed by atoms with Crippen LogP contribution in [0.2, 0.25) is 0 Å². The summed E-state index contributed by atoms with van der Waals surface area (Å²) in [7, 11) is 0. The van der Waals surface area contributed by atoms with Crippen LogP contribution in [0.25, 0.3) is 5.57 Å². The number of unbranched alkanes of at least 4 members (excludes halogenated alkanes) is 2. The van der Waals surface area contributed by atoms with Crippen molar-refractivity contribution in [2.45, 2.75) is 64.9 Å². The fraction of sp³-hybridized carbons (Fsp3) is 0.480. The fourth-order valence-electron chi connectivity index (χ4n) is 4.19. The lowest BCUT2D eigenvalue weighted by Gasteiger charge is -2.33. The Bertz CT molecular complexity index is 972. The van der Waals surface area contributed by atoms with Gasteiger partial charge in [-0.1, -0.05) is 33.1 Å². The van der Waals surface area contributed by atoms with Crippen molar-refractivity contribution in [3.8, 4) is 11.5 Å². The molecule has 3 rings (SSSR count). The van der Waals surface area contributed by atoms with Crippen LogP contribution in [0.1, 0.15) is 76.0 Å². The van der Waals surface area contributed by atoms with Gasteiger partial charge < -0.3 is 14.7 Å². The lowest BCUT2D eigenvalue weighted by molar-refractivity contribution is -0.757. The Morgan fingerprint density at radius 3 is 2.59 bits per heavy atom. The maximum Gasteiger partial charge on any atom is 0.294 e. The topological polar surface area (TPSA) is 94.7 Å². The maximum atomic E-state index is 11.0. The molecule has 0 spiro atoms. The van der Waals surface area contributed by atoms with Gasteiger partial charge in [0.05, 0.1) is 12.2 Å². The average Bonchev–Trinajstić information content (AvgIpc) is 2.74. The summed E-state index contributed by atoms with van der Waals surface area (Å²) in [4.78, 5) is 18.7. The SMILES string of the molecule is CC(CCCCCO[N+](=O)[O-])C(C)c1cc(O)c2c(c1)OC(C)(C)C=C2c1ccncc1. The molecule has 0 saturated heterocycles. The van der Waals surface area contributed by atoms with Gasteiger partial charge in [-0.3, -0.25) is 4.98 Å². The molecule has 0 fully saturated rings. The van der Waals surface area contributed by atoms with Gasteiger partial charge >= 0.3 is 0 Å². The second-order valence-corrected chi connectivity index (χ2v) is 9.08. The number of hydrogen-bond acceptors (Lipinski definition) is 6. The van der Waals surface area contributed by atoms with Gasteiger partial charge in [0, 0.05) is 12.4 Å². The van der Waals surface area contributed by atoms with E-state index in [1.807, 2.05) is 38.1 Å². The number of ether oxygens (including phenoxy) is 1. The molecular formula is C25H32N2O5. The molecular weight excluding hydrogens is 408 g/mol. The van der Waals surface area contributed by atoms with E-state index in [1.165, 1.54) is 0 Å². The van der Waals surface area contributed by atoms with E-state index in [9.17, 15) is 15.2 Å². The van der Waals surface area contributed by atoms with Crippen LogP contribution < -0.4 is 4.74 Å². The van der Waals surface area contributed by atoms with Crippen molar-refractivity contribution in [3.63, 3.8) is 0 Å². The van der Waals surface area contributed by atoms with Gasteiger partial charge in [0.25, 0.3) is 5.09 Å². The number of nitrogens with zero attached hydrogens (tertiary/aromatic N) is 2. The number of pyridine rings is 1. The summed E-state index contributed by atoms with van der Waals surface area (Å²) in [5.41, 5.74) is 3.18. The molecule has 1 aliphatic heterocycles. The maximum absolute atomic E-state index is 11.0. The van der Waals surface area contributed by atoms with Crippen LogP contribution in [0.4, 0.5) is 0 Å². The normalized spacial score (nSPS) is 16.3. The van der Waals surface area contributed by atoms with Crippen LogP contribution >= 0.6 is 0 Å². The van der Waals surface area contributed by atoms with Crippen LogP contribution in [0.3, 0.4) is 0 Å². The Kier molecular flexibility index (Phi) is 7.38. The first kappa shape index (κ1) is 23.6. The molecule has 7 heteroatoms. The van der Waals surface area contributed by atoms with Crippen LogP contribution in [-0.4, -0.2) is 27.4 Å². The Labute approximate surface area is 189 Å². The van der Waals surface area contributed by atoms with Gasteiger partial charge in [-0.2, -0.15) is 0 Å². The van der Waals surface area contributed by atoms with Crippen molar-refractivity contribution < 1.29 is 19.8 Å². The Balaban J connectivity index is 1.75. The van der Waals surface area contributed by atoms with E-state index in [0.717, 1.165) is 36.0 Å². The third kappa shape index (κ3) is 5.78. The van der Waals surface area contributed by atoms with Gasteiger partial charge in [0.2, 0.25) is 0 Å². The lowest BCUT2D eigenvalue weighted by atomic mass is 9.83. The van der Waals surface area contributed by atoms with E-state index in [0.29, 0.717) is 23.7 Å². The van der Waals surface area contributed by atoms with Crippen molar-refractivity contribution in [3.05, 3.63) is 69.5 Å². The third-order valence-corrected chi connectivity index (χ3v) is 6.11. The monoisotopic (exact) mass is 440 g/mol. The zero-order valence-corrected chi connectivity index (χ0v) is 19.2. The van der Waals surface area contributed by atoms with Gasteiger partial charge in [0.1, 0.15) is 17.1 Å². The molecule has 0 bridgehead atoms. The fourth-order valence-corrected chi connectivity index (χ4v) is 4.19. The molecule has 1 aromatic heterocycles. The molecule has 0 aliphatic carbocycles. The van der Waals surface area contributed by atoms with Gasteiger partial charge in [-0.15, -0.1) is 10.1 Å². The zero-order chi connectivity index (χ0) is 23.3. The Hall–Kier alpha value is -3.09. The highest BCUT2D eigenvalue weighted by atomic mass is 16.9. The third-order valence-electron chi connectivity index (χ3n) is 6.11. The molecule has 2 unspecified atom stereocenters. The predicted octanol–water partition coefficient (Wildman–Crippen LogP) is 5.90. The van der Waals surface area contributed by atoms with Crippen molar-refractivity contribution in [2.75, 3.05) is 6.61 Å². The van der Waals surface area contributed by atoms with E-state index in [1.54, 1.807) is 12.4 Å². The minimum atomic E-state index is -0.744. The number of hydrogen-bond donors (Lipinski definition) is 1. The van der Waals surface area contributed by atoms with Gasteiger partial charge in [-0.05, 0) is 79.1 Å². The molecule has 1 aliphatic rings. The molecule has 0 saturated carbocycles. The molecule has 1 aromatic carbocycles. The highest BCUT2D eigenvalue weighted by molar-refractivity contribution is 5.87. The summed E-state index contributed by atoms with van der Waals surface area (Å²) in [6.07, 6.45) is 9.06. The van der Waals surface area contributed by atoms with Crippen molar-refractivity contribution in [2.24, 2.45) is 5.92 Å². The van der Waals surface area contributed by atoms with E-state index in [-0.39, 0.29) is 18.3 Å². The number of phenolic OH excluding ortho intramolecular Hbond substituents is 1. The summed E-state index contributed by atoms with van der Waals surface area (Å²) < 4.78 is 6.25. The standard InChI is InChI=1S/C25H32N2O5/c1-17(8-6-5-7-13-31-27(29)30)18(2)20-14-22(28)24-21(19-9-11-26-12-10-19)16-25(3,4)32-23(24)15-20/h9-12,14-18,28H,5-8,13H2,1-4H3. The molecule has 172 valence electrons. The van der Waals surface area contributed by atoms with Crippen LogP contribution in [0.15, 0.2) is 42.7 Å². The number of aromatic hydroxyl groups is 1. The molecule has 0 radical (unpaired) electrons. The minimum Gasteiger partial charge on any atom is -0.507 e. The minimum absolute atomic E-state index is 0.149. The van der Waals surface area contributed by atoms with E-state index in [2.05, 4.69) is 29.7 Å². The quantitative estimate of drug-likeness (QED) is 0.281. The van der Waals surface area contributed by atoms with Crippen LogP contribution in [0.5, 0.6) is 11.5 Å². The van der Waals surface area contributed by atoms with Gasteiger partial charge in [-0.25, -0.2) is 0 Å². The first-order valence-electron chi connectivity index (χ1n) is 11.1. The number of phenols is 1. The zero-order valence-electron chi connectivity index (χ0n) is 19.2. The lowest BCUT2D eigenvalue weighted by Crippen LogP contribution is -2.29. The Morgan fingerprint density at radius 1 is 1.19 bits per heavy atom. The van der Waals surface area contributed by atoms with Crippen molar-refractivity contribution in [1.82, 2.24) is 4.98 Å². The summed E-state index contributed by atoms with van der Waals surface area (Å²) in [6, 6.07) is 7.77. The van der Waals surface area contributed by atoms with Crippen molar-refractivity contribution >= 4 is 5.57 Å². The van der Waals surface area contributed by atoms with E-state index < -0.39 is 10.7 Å². The van der Waals surface area contributed by atoms with E-state index >= 15 is 0 Å². The molecule has 2 atom stereocenters. The summed E-state index contributed by atoms with van der Waals surface area (Å²) in [6.45, 7) is 8.53. The number of aromatic nitrogens is 1. The largest absolute Gasteiger partial charge is 0.507 e. The smallest absolute Gasteiger partial charge is 0.294 e. The molecule has 1 N–H and O–H groups in total. The molecule has 0 amide bonds. The van der Waals surface area contributed by atoms with E-state index in [4.69, 9.17) is 4.74 Å². The summed E-state index contributed by atoms with van der Waals surface area (Å²) in [5, 5.41) is 20.4.